The summed E-state index contributed by atoms with van der Waals surface area (Å²) >= 11 is 4.13. The van der Waals surface area contributed by atoms with Gasteiger partial charge in [-0.25, -0.2) is 0 Å². The average Bonchev–Trinajstić information content (AvgIpc) is 2.94. The minimum Gasteiger partial charge on any atom is -0.383 e. The molecule has 0 spiro atoms. The van der Waals surface area contributed by atoms with Crippen LogP contribution in [0.3, 0.4) is 0 Å². The van der Waals surface area contributed by atoms with Crippen LogP contribution in [-0.4, -0.2) is 43.5 Å². The Bertz CT molecular complexity index is 157. The van der Waals surface area contributed by atoms with Gasteiger partial charge in [0.05, 0.1) is 6.61 Å². The summed E-state index contributed by atoms with van der Waals surface area (Å²) in [6.07, 6.45) is 7.02. The van der Waals surface area contributed by atoms with E-state index in [0.717, 1.165) is 31.5 Å². The first-order valence-corrected chi connectivity index (χ1v) is 5.50. The van der Waals surface area contributed by atoms with Gasteiger partial charge < -0.3 is 4.74 Å². The fourth-order valence-electron chi connectivity index (χ4n) is 1.36. The van der Waals surface area contributed by atoms with Crippen LogP contribution >= 0.6 is 12.6 Å². The van der Waals surface area contributed by atoms with Crippen LogP contribution in [0.4, 0.5) is 0 Å². The van der Waals surface area contributed by atoms with Gasteiger partial charge in [-0.1, -0.05) is 12.2 Å². The molecule has 0 aliphatic heterocycles. The van der Waals surface area contributed by atoms with E-state index in [-0.39, 0.29) is 0 Å². The second-order valence-corrected chi connectivity index (χ2v) is 3.74. The molecular formula is C10H19NOS. The van der Waals surface area contributed by atoms with Crippen molar-refractivity contribution in [1.82, 2.24) is 4.90 Å². The van der Waals surface area contributed by atoms with Crippen LogP contribution < -0.4 is 0 Å². The van der Waals surface area contributed by atoms with Crippen LogP contribution in [0.5, 0.6) is 0 Å². The Morgan fingerprint density at radius 2 is 2.23 bits per heavy atom. The van der Waals surface area contributed by atoms with Gasteiger partial charge in [-0.15, -0.1) is 0 Å². The van der Waals surface area contributed by atoms with E-state index in [0.29, 0.717) is 0 Å². The van der Waals surface area contributed by atoms with E-state index in [4.69, 9.17) is 4.74 Å². The first-order chi connectivity index (χ1) is 6.38. The normalized spacial score (nSPS) is 17.5. The number of rotatable bonds is 7. The number of ether oxygens (including phenoxy) is 1. The molecule has 1 fully saturated rings. The number of nitrogens with zero attached hydrogens (tertiary/aromatic N) is 1. The zero-order valence-corrected chi connectivity index (χ0v) is 9.17. The summed E-state index contributed by atoms with van der Waals surface area (Å²) in [5, 5.41) is 0. The maximum absolute atomic E-state index is 5.08. The third kappa shape index (κ3) is 4.69. The van der Waals surface area contributed by atoms with Gasteiger partial charge in [-0.2, -0.15) is 12.6 Å². The molecule has 1 aliphatic rings. The molecule has 0 amide bonds. The van der Waals surface area contributed by atoms with Crippen molar-refractivity contribution in [3.63, 3.8) is 0 Å². The highest BCUT2D eigenvalue weighted by Gasteiger charge is 2.27. The molecule has 1 saturated carbocycles. The van der Waals surface area contributed by atoms with E-state index in [1.807, 2.05) is 0 Å². The highest BCUT2D eigenvalue weighted by molar-refractivity contribution is 7.80. The predicted molar refractivity (Wildman–Crippen MR) is 59.5 cm³/mol. The summed E-state index contributed by atoms with van der Waals surface area (Å²) in [7, 11) is 1.76. The molecule has 0 aromatic rings. The number of hydrogen-bond donors (Lipinski definition) is 1. The van der Waals surface area contributed by atoms with Gasteiger partial charge in [0.2, 0.25) is 0 Å². The smallest absolute Gasteiger partial charge is 0.0589 e. The first-order valence-electron chi connectivity index (χ1n) is 4.87. The fraction of sp³-hybridized carbons (Fsp3) is 0.800. The van der Waals surface area contributed by atoms with Gasteiger partial charge in [0.1, 0.15) is 0 Å². The molecule has 0 unspecified atom stereocenters. The summed E-state index contributed by atoms with van der Waals surface area (Å²) in [5.74, 6) is 0.836. The molecule has 0 aromatic heterocycles. The molecule has 0 saturated heterocycles. The van der Waals surface area contributed by atoms with Crippen LogP contribution in [0.15, 0.2) is 12.2 Å². The monoisotopic (exact) mass is 201 g/mol. The van der Waals surface area contributed by atoms with Gasteiger partial charge in [0.15, 0.2) is 0 Å². The molecule has 0 aromatic carbocycles. The molecule has 0 atom stereocenters. The Labute approximate surface area is 86.4 Å². The van der Waals surface area contributed by atoms with Gasteiger partial charge in [-0.3, -0.25) is 4.90 Å². The van der Waals surface area contributed by atoms with Crippen molar-refractivity contribution in [2.75, 3.05) is 32.6 Å². The van der Waals surface area contributed by atoms with Crippen molar-refractivity contribution in [3.05, 3.63) is 12.2 Å². The second-order valence-electron chi connectivity index (χ2n) is 3.37. The highest BCUT2D eigenvalue weighted by Crippen LogP contribution is 2.26. The lowest BCUT2D eigenvalue weighted by Crippen LogP contribution is -2.29. The van der Waals surface area contributed by atoms with E-state index in [1.54, 1.807) is 7.11 Å². The number of methoxy groups -OCH3 is 1. The zero-order valence-electron chi connectivity index (χ0n) is 8.28. The van der Waals surface area contributed by atoms with Gasteiger partial charge in [0, 0.05) is 32.0 Å². The maximum Gasteiger partial charge on any atom is 0.0589 e. The van der Waals surface area contributed by atoms with Crippen LogP contribution in [0.1, 0.15) is 12.8 Å². The highest BCUT2D eigenvalue weighted by atomic mass is 32.1. The van der Waals surface area contributed by atoms with Crippen molar-refractivity contribution in [2.45, 2.75) is 18.9 Å². The van der Waals surface area contributed by atoms with Crippen LogP contribution in [-0.2, 0) is 4.74 Å². The molecule has 0 heterocycles. The molecule has 13 heavy (non-hydrogen) atoms. The molecule has 0 radical (unpaired) electrons. The van der Waals surface area contributed by atoms with Crippen LogP contribution in [0, 0.1) is 0 Å². The van der Waals surface area contributed by atoms with Crippen molar-refractivity contribution in [1.29, 1.82) is 0 Å². The largest absolute Gasteiger partial charge is 0.383 e. The van der Waals surface area contributed by atoms with Crippen LogP contribution in [0.2, 0.25) is 0 Å². The number of thiol groups is 1. The van der Waals surface area contributed by atoms with Crippen LogP contribution in [0.25, 0.3) is 0 Å². The average molecular weight is 201 g/mol. The third-order valence-corrected chi connectivity index (χ3v) is 2.47. The lowest BCUT2D eigenvalue weighted by Gasteiger charge is -2.19. The summed E-state index contributed by atoms with van der Waals surface area (Å²) in [6.45, 7) is 2.94. The van der Waals surface area contributed by atoms with Crippen molar-refractivity contribution >= 4 is 12.6 Å². The minimum absolute atomic E-state index is 0.819. The third-order valence-electron chi connectivity index (χ3n) is 2.26. The quantitative estimate of drug-likeness (QED) is 0.496. The standard InChI is InChI=1S/C10H19NOS/c1-12-8-7-11(10-4-5-10)6-2-3-9-13/h2-3,10,13H,4-9H2,1H3. The van der Waals surface area contributed by atoms with Crippen molar-refractivity contribution < 1.29 is 4.74 Å². The van der Waals surface area contributed by atoms with Gasteiger partial charge in [-0.05, 0) is 12.8 Å². The van der Waals surface area contributed by atoms with Crippen molar-refractivity contribution in [3.8, 4) is 0 Å². The Hall–Kier alpha value is 0.01000. The molecule has 3 heteroatoms. The first kappa shape index (κ1) is 11.1. The Kier molecular flexibility index (Phi) is 5.51. The van der Waals surface area contributed by atoms with E-state index in [2.05, 4.69) is 29.7 Å². The number of hydrogen-bond acceptors (Lipinski definition) is 3. The summed E-state index contributed by atoms with van der Waals surface area (Å²) in [6, 6.07) is 0.819. The topological polar surface area (TPSA) is 12.5 Å². The van der Waals surface area contributed by atoms with Gasteiger partial charge >= 0.3 is 0 Å². The van der Waals surface area contributed by atoms with E-state index in [9.17, 15) is 0 Å². The minimum atomic E-state index is 0.819. The maximum atomic E-state index is 5.08. The molecule has 76 valence electrons. The second kappa shape index (κ2) is 6.46. The Morgan fingerprint density at radius 3 is 2.77 bits per heavy atom. The Morgan fingerprint density at radius 1 is 1.46 bits per heavy atom. The lowest BCUT2D eigenvalue weighted by atomic mass is 10.4. The summed E-state index contributed by atoms with van der Waals surface area (Å²) in [4.78, 5) is 2.48. The molecule has 2 nitrogen and oxygen atoms in total. The van der Waals surface area contributed by atoms with E-state index >= 15 is 0 Å². The zero-order chi connectivity index (χ0) is 9.52. The summed E-state index contributed by atoms with van der Waals surface area (Å²) < 4.78 is 5.08. The van der Waals surface area contributed by atoms with E-state index in [1.165, 1.54) is 12.8 Å². The van der Waals surface area contributed by atoms with E-state index < -0.39 is 0 Å². The predicted octanol–water partition coefficient (Wildman–Crippen LogP) is 1.58. The van der Waals surface area contributed by atoms with Crippen molar-refractivity contribution in [2.24, 2.45) is 0 Å². The summed E-state index contributed by atoms with van der Waals surface area (Å²) in [5.41, 5.74) is 0. The Balaban J connectivity index is 2.17. The molecule has 1 rings (SSSR count). The molecular weight excluding hydrogens is 182 g/mol. The molecule has 0 bridgehead atoms. The molecule has 0 N–H and O–H groups in total. The fourth-order valence-corrected chi connectivity index (χ4v) is 1.50. The molecule has 1 aliphatic carbocycles. The van der Waals surface area contributed by atoms with Gasteiger partial charge in [0.25, 0.3) is 0 Å². The lowest BCUT2D eigenvalue weighted by molar-refractivity contribution is 0.150. The SMILES string of the molecule is COCCN(CC=CCS)C1CC1.